The highest BCUT2D eigenvalue weighted by Crippen LogP contribution is 2.27. The Bertz CT molecular complexity index is 1290. The number of nitrogens with one attached hydrogen (secondary N) is 3. The van der Waals surface area contributed by atoms with Gasteiger partial charge in [-0.2, -0.15) is 5.10 Å². The number of hydrogen-bond acceptors (Lipinski definition) is 7. The highest BCUT2D eigenvalue weighted by molar-refractivity contribution is 7.89. The number of benzene rings is 2. The molecule has 1 saturated carbocycles. The Balaban J connectivity index is 1.37. The molecular formula is C23H26N6O5S. The van der Waals surface area contributed by atoms with E-state index in [1.165, 1.54) is 31.6 Å². The maximum absolute atomic E-state index is 12.9. The summed E-state index contributed by atoms with van der Waals surface area (Å²) in [5.74, 6) is -0.878. The summed E-state index contributed by atoms with van der Waals surface area (Å²) in [5.41, 5.74) is 1.42. The quantitative estimate of drug-likeness (QED) is 0.408. The van der Waals surface area contributed by atoms with Gasteiger partial charge in [-0.1, -0.05) is 12.8 Å². The molecule has 0 saturated heterocycles. The van der Waals surface area contributed by atoms with Gasteiger partial charge in [-0.25, -0.2) is 22.8 Å². The second-order valence-corrected chi connectivity index (χ2v) is 9.77. The van der Waals surface area contributed by atoms with E-state index in [1.807, 2.05) is 0 Å². The highest BCUT2D eigenvalue weighted by Gasteiger charge is 2.26. The van der Waals surface area contributed by atoms with Crippen molar-refractivity contribution in [3.8, 4) is 11.4 Å². The van der Waals surface area contributed by atoms with Crippen molar-refractivity contribution >= 4 is 27.5 Å². The summed E-state index contributed by atoms with van der Waals surface area (Å²) in [7, 11) is -2.51. The van der Waals surface area contributed by atoms with Crippen molar-refractivity contribution in [3.05, 3.63) is 60.7 Å². The molecule has 3 N–H and O–H groups in total. The molecule has 11 nitrogen and oxygen atoms in total. The van der Waals surface area contributed by atoms with E-state index in [9.17, 15) is 18.0 Å². The molecule has 0 bridgehead atoms. The third kappa shape index (κ3) is 6.03. The number of hydrogen-bond donors (Lipinski definition) is 3. The summed E-state index contributed by atoms with van der Waals surface area (Å²) < 4.78 is 35.3. The van der Waals surface area contributed by atoms with Crippen LogP contribution in [0, 0.1) is 0 Å². The predicted molar refractivity (Wildman–Crippen MR) is 128 cm³/mol. The summed E-state index contributed by atoms with van der Waals surface area (Å²) in [5, 5.41) is 9.24. The number of carbonyl (C=O) groups is 2. The van der Waals surface area contributed by atoms with Gasteiger partial charge in [0.15, 0.2) is 0 Å². The molecule has 35 heavy (non-hydrogen) atoms. The number of carbonyl (C=O) groups excluding carboxylic acids is 2. The number of methoxy groups -OCH3 is 1. The first-order valence-corrected chi connectivity index (χ1v) is 12.6. The second-order valence-electron chi connectivity index (χ2n) is 8.09. The number of aromatic nitrogens is 3. The molecule has 2 aromatic carbocycles. The van der Waals surface area contributed by atoms with Crippen molar-refractivity contribution in [1.29, 1.82) is 0 Å². The van der Waals surface area contributed by atoms with Crippen molar-refractivity contribution in [2.45, 2.75) is 36.6 Å². The van der Waals surface area contributed by atoms with Crippen LogP contribution in [0.25, 0.3) is 5.69 Å². The van der Waals surface area contributed by atoms with Crippen LogP contribution in [0.4, 0.5) is 5.69 Å². The van der Waals surface area contributed by atoms with Gasteiger partial charge in [0.05, 0.1) is 19.3 Å². The van der Waals surface area contributed by atoms with Gasteiger partial charge in [0.2, 0.25) is 15.9 Å². The largest absolute Gasteiger partial charge is 0.495 e. The molecule has 4 rings (SSSR count). The Hall–Kier alpha value is -3.77. The highest BCUT2D eigenvalue weighted by atomic mass is 32.2. The van der Waals surface area contributed by atoms with Gasteiger partial charge >= 0.3 is 0 Å². The fourth-order valence-electron chi connectivity index (χ4n) is 3.86. The molecule has 0 spiro atoms. The zero-order valence-electron chi connectivity index (χ0n) is 19.1. The first kappa shape index (κ1) is 24.4. The molecule has 12 heteroatoms. The molecule has 1 heterocycles. The molecule has 0 unspecified atom stereocenters. The van der Waals surface area contributed by atoms with Crippen LogP contribution in [0.15, 0.2) is 60.0 Å². The molecular weight excluding hydrogens is 472 g/mol. The minimum atomic E-state index is -3.88. The number of amides is 2. The third-order valence-electron chi connectivity index (χ3n) is 5.64. The molecule has 1 aromatic heterocycles. The van der Waals surface area contributed by atoms with Gasteiger partial charge in [-0.05, 0) is 55.3 Å². The Labute approximate surface area is 202 Å². The normalized spacial score (nSPS) is 14.0. The van der Waals surface area contributed by atoms with E-state index in [1.54, 1.807) is 35.3 Å². The average Bonchev–Trinajstić information content (AvgIpc) is 3.57. The van der Waals surface area contributed by atoms with E-state index in [2.05, 4.69) is 25.4 Å². The van der Waals surface area contributed by atoms with Gasteiger partial charge < -0.3 is 15.4 Å². The van der Waals surface area contributed by atoms with Crippen molar-refractivity contribution in [3.63, 3.8) is 0 Å². The molecule has 0 aliphatic heterocycles. The summed E-state index contributed by atoms with van der Waals surface area (Å²) in [6.07, 6.45) is 6.48. The van der Waals surface area contributed by atoms with E-state index in [0.29, 0.717) is 5.69 Å². The summed E-state index contributed by atoms with van der Waals surface area (Å²) in [6.45, 7) is -0.294. The number of sulfonamides is 1. The smallest absolute Gasteiger partial charge is 0.251 e. The van der Waals surface area contributed by atoms with Crippen LogP contribution in [0.1, 0.15) is 36.0 Å². The summed E-state index contributed by atoms with van der Waals surface area (Å²) in [4.78, 5) is 28.7. The number of anilines is 1. The molecule has 0 radical (unpaired) electrons. The summed E-state index contributed by atoms with van der Waals surface area (Å²) >= 11 is 0. The number of rotatable bonds is 9. The lowest BCUT2D eigenvalue weighted by molar-refractivity contribution is -0.115. The van der Waals surface area contributed by atoms with E-state index in [0.717, 1.165) is 31.4 Å². The maximum Gasteiger partial charge on any atom is 0.251 e. The number of nitrogens with zero attached hydrogens (tertiary/aromatic N) is 3. The van der Waals surface area contributed by atoms with Gasteiger partial charge in [-0.15, -0.1) is 0 Å². The van der Waals surface area contributed by atoms with E-state index in [4.69, 9.17) is 4.74 Å². The Morgan fingerprint density at radius 3 is 2.51 bits per heavy atom. The zero-order chi connectivity index (χ0) is 24.8. The molecule has 1 aliphatic carbocycles. The van der Waals surface area contributed by atoms with Crippen LogP contribution < -0.4 is 20.1 Å². The van der Waals surface area contributed by atoms with Gasteiger partial charge in [0, 0.05) is 17.3 Å². The second kappa shape index (κ2) is 10.7. The SMILES string of the molecule is COc1ccc(C(=O)NCC(=O)Nc2ccc(-n3cncn3)cc2)cc1S(=O)(=O)NC1CCCC1. The lowest BCUT2D eigenvalue weighted by atomic mass is 10.2. The third-order valence-corrected chi connectivity index (χ3v) is 7.18. The minimum absolute atomic E-state index is 0.0996. The van der Waals surface area contributed by atoms with Crippen LogP contribution in [0.3, 0.4) is 0 Å². The lowest BCUT2D eigenvalue weighted by Crippen LogP contribution is -2.34. The fourth-order valence-corrected chi connectivity index (χ4v) is 5.36. The van der Waals surface area contributed by atoms with Crippen LogP contribution in [0.2, 0.25) is 0 Å². The minimum Gasteiger partial charge on any atom is -0.495 e. The van der Waals surface area contributed by atoms with Crippen LogP contribution in [-0.2, 0) is 14.8 Å². The van der Waals surface area contributed by atoms with Crippen molar-refractivity contribution in [1.82, 2.24) is 24.8 Å². The molecule has 0 atom stereocenters. The van der Waals surface area contributed by atoms with Crippen molar-refractivity contribution < 1.29 is 22.7 Å². The van der Waals surface area contributed by atoms with Crippen LogP contribution in [0.5, 0.6) is 5.75 Å². The Morgan fingerprint density at radius 1 is 1.11 bits per heavy atom. The first-order valence-electron chi connectivity index (χ1n) is 11.1. The van der Waals surface area contributed by atoms with E-state index < -0.39 is 21.8 Å². The van der Waals surface area contributed by atoms with Gasteiger partial charge in [-0.3, -0.25) is 9.59 Å². The van der Waals surface area contributed by atoms with Gasteiger partial charge in [0.1, 0.15) is 23.3 Å². The number of ether oxygens (including phenoxy) is 1. The average molecular weight is 499 g/mol. The standard InChI is InChI=1S/C23H26N6O5S/c1-34-20-11-6-16(12-21(20)35(32,33)28-18-4-2-3-5-18)23(31)25-13-22(30)27-17-7-9-19(10-8-17)29-15-24-14-26-29/h6-12,14-15,18,28H,2-5,13H2,1H3,(H,25,31)(H,27,30). The first-order chi connectivity index (χ1) is 16.9. The van der Waals surface area contributed by atoms with Crippen LogP contribution in [-0.4, -0.2) is 54.7 Å². The molecule has 3 aromatic rings. The Kier molecular flexibility index (Phi) is 7.42. The van der Waals surface area contributed by atoms with Crippen molar-refractivity contribution in [2.75, 3.05) is 19.0 Å². The topological polar surface area (TPSA) is 144 Å². The molecule has 1 fully saturated rings. The maximum atomic E-state index is 12.9. The molecule has 1 aliphatic rings. The summed E-state index contributed by atoms with van der Waals surface area (Å²) in [6, 6.07) is 10.9. The van der Waals surface area contributed by atoms with Crippen molar-refractivity contribution in [2.24, 2.45) is 0 Å². The van der Waals surface area contributed by atoms with Crippen LogP contribution >= 0.6 is 0 Å². The molecule has 2 amide bonds. The van der Waals surface area contributed by atoms with E-state index in [-0.39, 0.29) is 28.8 Å². The monoisotopic (exact) mass is 498 g/mol. The lowest BCUT2D eigenvalue weighted by Gasteiger charge is -2.16. The molecule has 184 valence electrons. The van der Waals surface area contributed by atoms with E-state index >= 15 is 0 Å². The van der Waals surface area contributed by atoms with Gasteiger partial charge in [0.25, 0.3) is 5.91 Å². The predicted octanol–water partition coefficient (Wildman–Crippen LogP) is 1.87. The zero-order valence-corrected chi connectivity index (χ0v) is 19.9. The Morgan fingerprint density at radius 2 is 1.86 bits per heavy atom. The fraction of sp³-hybridized carbons (Fsp3) is 0.304.